The minimum absolute atomic E-state index is 0.614. The Morgan fingerprint density at radius 1 is 1.41 bits per heavy atom. The van der Waals surface area contributed by atoms with E-state index >= 15 is 0 Å². The van der Waals surface area contributed by atoms with Crippen molar-refractivity contribution in [3.8, 4) is 6.07 Å². The highest BCUT2D eigenvalue weighted by atomic mass is 32.1. The van der Waals surface area contributed by atoms with Crippen LogP contribution >= 0.6 is 11.3 Å². The smallest absolute Gasteiger partial charge is 0.146 e. The molecule has 0 atom stereocenters. The van der Waals surface area contributed by atoms with Crippen LogP contribution in [0.25, 0.3) is 0 Å². The maximum absolute atomic E-state index is 9.02. The fraction of sp³-hybridized carbons (Fsp3) is 0.231. The third kappa shape index (κ3) is 2.63. The molecular weight excluding hydrogens is 230 g/mol. The van der Waals surface area contributed by atoms with Gasteiger partial charge in [0.1, 0.15) is 11.9 Å². The number of aromatic nitrogens is 1. The number of hydrogen-bond acceptors (Lipinski definition) is 4. The lowest BCUT2D eigenvalue weighted by Crippen LogP contribution is -2.18. The molecule has 2 rings (SSSR count). The Kier molecular flexibility index (Phi) is 3.40. The standard InChI is InChI=1S/C13H13N3S/c1-10-5-6-12(17-10)9-16(2)13-11(8-14)4-3-7-15-13/h3-7H,9H2,1-2H3. The first-order valence-corrected chi connectivity index (χ1v) is 6.14. The van der Waals surface area contributed by atoms with Crippen LogP contribution in [0.2, 0.25) is 0 Å². The van der Waals surface area contributed by atoms with E-state index in [-0.39, 0.29) is 0 Å². The molecule has 0 amide bonds. The number of pyridine rings is 1. The first kappa shape index (κ1) is 11.6. The molecule has 0 aliphatic heterocycles. The average Bonchev–Trinajstić information content (AvgIpc) is 2.74. The van der Waals surface area contributed by atoms with Gasteiger partial charge in [0, 0.05) is 23.0 Å². The van der Waals surface area contributed by atoms with E-state index in [0.717, 1.165) is 12.4 Å². The van der Waals surface area contributed by atoms with Crippen LogP contribution in [-0.2, 0) is 6.54 Å². The van der Waals surface area contributed by atoms with E-state index in [4.69, 9.17) is 5.26 Å². The summed E-state index contributed by atoms with van der Waals surface area (Å²) in [4.78, 5) is 8.84. The summed E-state index contributed by atoms with van der Waals surface area (Å²) in [7, 11) is 1.96. The summed E-state index contributed by atoms with van der Waals surface area (Å²) in [5, 5.41) is 9.02. The highest BCUT2D eigenvalue weighted by Crippen LogP contribution is 2.21. The number of rotatable bonds is 3. The predicted molar refractivity (Wildman–Crippen MR) is 70.1 cm³/mol. The Bertz CT molecular complexity index is 554. The van der Waals surface area contributed by atoms with Gasteiger partial charge in [0.2, 0.25) is 0 Å². The van der Waals surface area contributed by atoms with E-state index in [1.807, 2.05) is 11.9 Å². The topological polar surface area (TPSA) is 39.9 Å². The fourth-order valence-electron chi connectivity index (χ4n) is 1.67. The van der Waals surface area contributed by atoms with Gasteiger partial charge in [-0.25, -0.2) is 4.98 Å². The molecule has 0 N–H and O–H groups in total. The molecular formula is C13H13N3S. The van der Waals surface area contributed by atoms with Crippen LogP contribution in [0.3, 0.4) is 0 Å². The van der Waals surface area contributed by atoms with Crippen LogP contribution in [0.4, 0.5) is 5.82 Å². The summed E-state index contributed by atoms with van der Waals surface area (Å²) in [6.45, 7) is 2.87. The molecule has 0 saturated heterocycles. The van der Waals surface area contributed by atoms with Gasteiger partial charge in [-0.2, -0.15) is 5.26 Å². The summed E-state index contributed by atoms with van der Waals surface area (Å²) >= 11 is 1.77. The number of aryl methyl sites for hydroxylation is 1. The second kappa shape index (κ2) is 4.98. The van der Waals surface area contributed by atoms with E-state index in [1.54, 1.807) is 29.7 Å². The van der Waals surface area contributed by atoms with Gasteiger partial charge in [0.05, 0.1) is 12.1 Å². The van der Waals surface area contributed by atoms with Gasteiger partial charge in [-0.1, -0.05) is 0 Å². The van der Waals surface area contributed by atoms with Gasteiger partial charge in [-0.3, -0.25) is 0 Å². The van der Waals surface area contributed by atoms with Crippen molar-refractivity contribution in [2.45, 2.75) is 13.5 Å². The molecule has 86 valence electrons. The summed E-state index contributed by atoms with van der Waals surface area (Å²) in [5.74, 6) is 0.737. The van der Waals surface area contributed by atoms with Gasteiger partial charge >= 0.3 is 0 Å². The zero-order chi connectivity index (χ0) is 12.3. The van der Waals surface area contributed by atoms with Crippen molar-refractivity contribution >= 4 is 17.2 Å². The number of hydrogen-bond donors (Lipinski definition) is 0. The Morgan fingerprint density at radius 2 is 2.24 bits per heavy atom. The highest BCUT2D eigenvalue weighted by molar-refractivity contribution is 7.11. The molecule has 0 unspecified atom stereocenters. The third-order valence-electron chi connectivity index (χ3n) is 2.46. The van der Waals surface area contributed by atoms with Crippen LogP contribution in [0.1, 0.15) is 15.3 Å². The molecule has 4 heteroatoms. The predicted octanol–water partition coefficient (Wildman–Crippen LogP) is 2.96. The summed E-state index contributed by atoms with van der Waals surface area (Å²) < 4.78 is 0. The number of anilines is 1. The van der Waals surface area contributed by atoms with E-state index in [1.165, 1.54) is 9.75 Å². The minimum atomic E-state index is 0.614. The molecule has 0 aromatic carbocycles. The van der Waals surface area contributed by atoms with Crippen LogP contribution in [0, 0.1) is 18.3 Å². The lowest BCUT2D eigenvalue weighted by molar-refractivity contribution is 0.909. The lowest BCUT2D eigenvalue weighted by Gasteiger charge is -2.17. The van der Waals surface area contributed by atoms with Crippen LogP contribution in [-0.4, -0.2) is 12.0 Å². The monoisotopic (exact) mass is 243 g/mol. The number of nitriles is 1. The maximum Gasteiger partial charge on any atom is 0.146 e. The first-order chi connectivity index (χ1) is 8.20. The first-order valence-electron chi connectivity index (χ1n) is 5.32. The number of nitrogens with zero attached hydrogens (tertiary/aromatic N) is 3. The minimum Gasteiger partial charge on any atom is -0.353 e. The number of thiophene rings is 1. The molecule has 2 aromatic heterocycles. The van der Waals surface area contributed by atoms with Crippen molar-refractivity contribution in [3.63, 3.8) is 0 Å². The van der Waals surface area contributed by atoms with E-state index < -0.39 is 0 Å². The molecule has 0 radical (unpaired) electrons. The van der Waals surface area contributed by atoms with Crippen molar-refractivity contribution in [3.05, 3.63) is 45.8 Å². The van der Waals surface area contributed by atoms with Crippen LogP contribution < -0.4 is 4.90 Å². The molecule has 0 saturated carbocycles. The summed E-state index contributed by atoms with van der Waals surface area (Å²) in [5.41, 5.74) is 0.614. The quantitative estimate of drug-likeness (QED) is 0.832. The second-order valence-corrected chi connectivity index (χ2v) is 5.23. The Balaban J connectivity index is 2.20. The fourth-order valence-corrected chi connectivity index (χ4v) is 2.61. The molecule has 0 spiro atoms. The molecule has 0 bridgehead atoms. The molecule has 3 nitrogen and oxygen atoms in total. The van der Waals surface area contributed by atoms with Gasteiger partial charge in [0.15, 0.2) is 0 Å². The average molecular weight is 243 g/mol. The molecule has 0 fully saturated rings. The molecule has 17 heavy (non-hydrogen) atoms. The van der Waals surface area contributed by atoms with E-state index in [2.05, 4.69) is 30.1 Å². The van der Waals surface area contributed by atoms with Crippen LogP contribution in [0.5, 0.6) is 0 Å². The van der Waals surface area contributed by atoms with Gasteiger partial charge in [-0.05, 0) is 31.2 Å². The van der Waals surface area contributed by atoms with E-state index in [9.17, 15) is 0 Å². The summed E-state index contributed by atoms with van der Waals surface area (Å²) in [6.07, 6.45) is 1.71. The Hall–Kier alpha value is -1.86. The van der Waals surface area contributed by atoms with Crippen LogP contribution in [0.15, 0.2) is 30.5 Å². The normalized spacial score (nSPS) is 9.94. The molecule has 0 aliphatic carbocycles. The van der Waals surface area contributed by atoms with Gasteiger partial charge < -0.3 is 4.90 Å². The molecule has 0 aliphatic rings. The zero-order valence-corrected chi connectivity index (χ0v) is 10.7. The van der Waals surface area contributed by atoms with Gasteiger partial charge in [-0.15, -0.1) is 11.3 Å². The van der Waals surface area contributed by atoms with E-state index in [0.29, 0.717) is 5.56 Å². The SMILES string of the molecule is Cc1ccc(CN(C)c2ncccc2C#N)s1. The van der Waals surface area contributed by atoms with Gasteiger partial charge in [0.25, 0.3) is 0 Å². The largest absolute Gasteiger partial charge is 0.353 e. The van der Waals surface area contributed by atoms with Crippen molar-refractivity contribution in [1.29, 1.82) is 5.26 Å². The van der Waals surface area contributed by atoms with Crippen molar-refractivity contribution < 1.29 is 0 Å². The van der Waals surface area contributed by atoms with Crippen molar-refractivity contribution in [2.24, 2.45) is 0 Å². The lowest BCUT2D eigenvalue weighted by atomic mass is 10.2. The summed E-state index contributed by atoms with van der Waals surface area (Å²) in [6, 6.07) is 9.96. The molecule has 2 aromatic rings. The Labute approximate surface area is 105 Å². The zero-order valence-electron chi connectivity index (χ0n) is 9.84. The van der Waals surface area contributed by atoms with Crippen molar-refractivity contribution in [1.82, 2.24) is 4.98 Å². The highest BCUT2D eigenvalue weighted by Gasteiger charge is 2.09. The maximum atomic E-state index is 9.02. The van der Waals surface area contributed by atoms with Crippen molar-refractivity contribution in [2.75, 3.05) is 11.9 Å². The Morgan fingerprint density at radius 3 is 2.88 bits per heavy atom. The third-order valence-corrected chi connectivity index (χ3v) is 3.44. The molecule has 2 heterocycles. The second-order valence-electron chi connectivity index (χ2n) is 3.85.